The van der Waals surface area contributed by atoms with Crippen LogP contribution in [0.3, 0.4) is 0 Å². The van der Waals surface area contributed by atoms with Crippen LogP contribution in [0.25, 0.3) is 0 Å². The van der Waals surface area contributed by atoms with Gasteiger partial charge in [-0.2, -0.15) is 0 Å². The van der Waals surface area contributed by atoms with Crippen LogP contribution in [-0.2, 0) is 4.79 Å². The lowest BCUT2D eigenvalue weighted by Crippen LogP contribution is -2.41. The summed E-state index contributed by atoms with van der Waals surface area (Å²) in [5.74, 6) is 1.39. The van der Waals surface area contributed by atoms with Crippen LogP contribution in [0.5, 0.6) is 0 Å². The highest BCUT2D eigenvalue weighted by Crippen LogP contribution is 2.21. The molecule has 0 radical (unpaired) electrons. The summed E-state index contributed by atoms with van der Waals surface area (Å²) in [6.07, 6.45) is 2.09. The van der Waals surface area contributed by atoms with Gasteiger partial charge in [0.15, 0.2) is 0 Å². The monoisotopic (exact) mass is 328 g/mol. The molecular weight excluding hydrogens is 304 g/mol. The Balaban J connectivity index is 0.00000220. The van der Waals surface area contributed by atoms with Gasteiger partial charge in [-0.1, -0.05) is 19.1 Å². The van der Waals surface area contributed by atoms with Crippen molar-refractivity contribution in [3.05, 3.63) is 29.8 Å². The van der Waals surface area contributed by atoms with Crippen molar-refractivity contribution < 1.29 is 4.79 Å². The second kappa shape index (κ2) is 9.34. The number of carbonyl (C=O) groups is 1. The van der Waals surface area contributed by atoms with Crippen LogP contribution in [-0.4, -0.2) is 24.7 Å². The van der Waals surface area contributed by atoms with Gasteiger partial charge in [0.2, 0.25) is 5.91 Å². The molecule has 1 aliphatic rings. The third kappa shape index (κ3) is 5.53. The number of carbonyl (C=O) groups excluding carboxylic acids is 1. The Morgan fingerprint density at radius 3 is 2.71 bits per heavy atom. The Kier molecular flexibility index (Phi) is 8.15. The summed E-state index contributed by atoms with van der Waals surface area (Å²) in [7, 11) is 0. The smallest absolute Gasteiger partial charge is 0.224 e. The molecule has 2 atom stereocenters. The summed E-state index contributed by atoms with van der Waals surface area (Å²) in [6, 6.07) is 8.57. The molecule has 1 aromatic rings. The fraction of sp³-hybridized carbons (Fsp3) is 0.562. The zero-order valence-corrected chi connectivity index (χ0v) is 14.4. The first-order valence-electron chi connectivity index (χ1n) is 7.44. The standard InChI is InChI=1S/C16H24N2OS.ClH/c1-3-20-15-8-6-13(7-9-15)12(2)18-16(19)14-5-4-10-17-11-14;/h6-9,12,14,17H,3-5,10-11H2,1-2H3,(H,18,19);1H. The molecule has 2 rings (SSSR count). The predicted molar refractivity (Wildman–Crippen MR) is 92.2 cm³/mol. The summed E-state index contributed by atoms with van der Waals surface area (Å²) >= 11 is 1.84. The van der Waals surface area contributed by atoms with Gasteiger partial charge >= 0.3 is 0 Å². The number of amides is 1. The first-order valence-corrected chi connectivity index (χ1v) is 8.43. The minimum Gasteiger partial charge on any atom is -0.349 e. The zero-order valence-electron chi connectivity index (χ0n) is 12.7. The fourth-order valence-electron chi connectivity index (χ4n) is 2.51. The first kappa shape index (κ1) is 18.3. The van der Waals surface area contributed by atoms with Crippen LogP contribution in [0.1, 0.15) is 38.3 Å². The number of rotatable bonds is 5. The van der Waals surface area contributed by atoms with Gasteiger partial charge in [-0.3, -0.25) is 4.79 Å². The van der Waals surface area contributed by atoms with Gasteiger partial charge in [0.1, 0.15) is 0 Å². The summed E-state index contributed by atoms with van der Waals surface area (Å²) in [5.41, 5.74) is 1.17. The predicted octanol–water partition coefficient (Wildman–Crippen LogP) is 3.40. The van der Waals surface area contributed by atoms with Gasteiger partial charge in [-0.15, -0.1) is 24.2 Å². The van der Waals surface area contributed by atoms with Gasteiger partial charge in [0, 0.05) is 11.4 Å². The Labute approximate surface area is 138 Å². The highest BCUT2D eigenvalue weighted by Gasteiger charge is 2.22. The molecule has 1 fully saturated rings. The number of nitrogens with one attached hydrogen (secondary N) is 2. The van der Waals surface area contributed by atoms with E-state index >= 15 is 0 Å². The molecule has 21 heavy (non-hydrogen) atoms. The number of benzene rings is 1. The van der Waals surface area contributed by atoms with Crippen LogP contribution in [0.2, 0.25) is 0 Å². The van der Waals surface area contributed by atoms with Crippen LogP contribution < -0.4 is 10.6 Å². The van der Waals surface area contributed by atoms with Crippen molar-refractivity contribution in [2.45, 2.75) is 37.6 Å². The normalized spacial score (nSPS) is 19.4. The highest BCUT2D eigenvalue weighted by atomic mass is 35.5. The van der Waals surface area contributed by atoms with Crippen LogP contribution in [0.4, 0.5) is 0 Å². The molecule has 0 aliphatic carbocycles. The number of halogens is 1. The molecule has 3 nitrogen and oxygen atoms in total. The van der Waals surface area contributed by atoms with E-state index in [2.05, 4.69) is 48.7 Å². The van der Waals surface area contributed by atoms with E-state index in [-0.39, 0.29) is 30.3 Å². The van der Waals surface area contributed by atoms with E-state index in [1.165, 1.54) is 10.5 Å². The third-order valence-corrected chi connectivity index (χ3v) is 4.61. The van der Waals surface area contributed by atoms with E-state index in [0.717, 1.165) is 31.7 Å². The zero-order chi connectivity index (χ0) is 14.4. The Morgan fingerprint density at radius 2 is 2.14 bits per heavy atom. The minimum atomic E-state index is 0. The molecule has 1 aliphatic heterocycles. The maximum absolute atomic E-state index is 12.2. The summed E-state index contributed by atoms with van der Waals surface area (Å²) < 4.78 is 0. The first-order chi connectivity index (χ1) is 9.70. The molecule has 0 bridgehead atoms. The fourth-order valence-corrected chi connectivity index (χ4v) is 3.17. The quantitative estimate of drug-likeness (QED) is 0.814. The largest absolute Gasteiger partial charge is 0.349 e. The summed E-state index contributed by atoms with van der Waals surface area (Å²) in [6.45, 7) is 6.05. The number of hydrogen-bond acceptors (Lipinski definition) is 3. The SMILES string of the molecule is CCSc1ccc(C(C)NC(=O)C2CCCNC2)cc1.Cl. The van der Waals surface area contributed by atoms with Gasteiger partial charge in [0.05, 0.1) is 12.0 Å². The second-order valence-electron chi connectivity index (χ2n) is 5.28. The van der Waals surface area contributed by atoms with E-state index in [1.54, 1.807) is 0 Å². The Hall–Kier alpha value is -0.710. The second-order valence-corrected chi connectivity index (χ2v) is 6.61. The molecule has 5 heteroatoms. The molecule has 118 valence electrons. The molecule has 0 saturated carbocycles. The molecule has 1 amide bonds. The van der Waals surface area contributed by atoms with Crippen molar-refractivity contribution in [3.63, 3.8) is 0 Å². The summed E-state index contributed by atoms with van der Waals surface area (Å²) in [4.78, 5) is 13.5. The molecular formula is C16H25ClN2OS. The van der Waals surface area contributed by atoms with Gasteiger partial charge in [-0.25, -0.2) is 0 Å². The topological polar surface area (TPSA) is 41.1 Å². The van der Waals surface area contributed by atoms with Crippen molar-refractivity contribution in [2.24, 2.45) is 5.92 Å². The van der Waals surface area contributed by atoms with Crippen molar-refractivity contribution in [1.29, 1.82) is 0 Å². The average Bonchev–Trinajstić information content (AvgIpc) is 2.49. The lowest BCUT2D eigenvalue weighted by Gasteiger charge is -2.24. The van der Waals surface area contributed by atoms with Crippen molar-refractivity contribution in [2.75, 3.05) is 18.8 Å². The lowest BCUT2D eigenvalue weighted by atomic mass is 9.98. The van der Waals surface area contributed by atoms with Crippen molar-refractivity contribution >= 4 is 30.1 Å². The van der Waals surface area contributed by atoms with E-state index in [1.807, 2.05) is 11.8 Å². The number of piperidine rings is 1. The number of thioether (sulfide) groups is 1. The minimum absolute atomic E-state index is 0. The van der Waals surface area contributed by atoms with Crippen LogP contribution in [0.15, 0.2) is 29.2 Å². The van der Waals surface area contributed by atoms with Crippen molar-refractivity contribution in [1.82, 2.24) is 10.6 Å². The number of hydrogen-bond donors (Lipinski definition) is 2. The van der Waals surface area contributed by atoms with Crippen LogP contribution >= 0.6 is 24.2 Å². The van der Waals surface area contributed by atoms with Gasteiger partial charge in [0.25, 0.3) is 0 Å². The average molecular weight is 329 g/mol. The summed E-state index contributed by atoms with van der Waals surface area (Å²) in [5, 5.41) is 6.42. The highest BCUT2D eigenvalue weighted by molar-refractivity contribution is 7.99. The maximum atomic E-state index is 12.2. The van der Waals surface area contributed by atoms with E-state index < -0.39 is 0 Å². The Bertz CT molecular complexity index is 432. The molecule has 2 N–H and O–H groups in total. The molecule has 2 unspecified atom stereocenters. The molecule has 1 aromatic carbocycles. The van der Waals surface area contributed by atoms with E-state index in [4.69, 9.17) is 0 Å². The molecule has 1 heterocycles. The molecule has 0 aromatic heterocycles. The van der Waals surface area contributed by atoms with Crippen molar-refractivity contribution in [3.8, 4) is 0 Å². The van der Waals surface area contributed by atoms with E-state index in [0.29, 0.717) is 0 Å². The van der Waals surface area contributed by atoms with Gasteiger partial charge < -0.3 is 10.6 Å². The van der Waals surface area contributed by atoms with Gasteiger partial charge in [-0.05, 0) is 49.8 Å². The maximum Gasteiger partial charge on any atom is 0.224 e. The Morgan fingerprint density at radius 1 is 1.43 bits per heavy atom. The van der Waals surface area contributed by atoms with E-state index in [9.17, 15) is 4.79 Å². The molecule has 1 saturated heterocycles. The molecule has 0 spiro atoms. The third-order valence-electron chi connectivity index (χ3n) is 3.72. The lowest BCUT2D eigenvalue weighted by molar-refractivity contribution is -0.126. The van der Waals surface area contributed by atoms with Crippen LogP contribution in [0, 0.1) is 5.92 Å².